The molecule has 1 atom stereocenters. The highest BCUT2D eigenvalue weighted by atomic mass is 32.1. The summed E-state index contributed by atoms with van der Waals surface area (Å²) in [4.78, 5) is 12.2. The molecule has 1 aromatic carbocycles. The van der Waals surface area contributed by atoms with Crippen molar-refractivity contribution in [2.45, 2.75) is 19.8 Å². The maximum atomic E-state index is 11.3. The van der Waals surface area contributed by atoms with Crippen molar-refractivity contribution in [2.75, 3.05) is 7.11 Å². The third-order valence-electron chi connectivity index (χ3n) is 2.99. The van der Waals surface area contributed by atoms with Crippen LogP contribution in [0.1, 0.15) is 24.6 Å². The molecule has 1 unspecified atom stereocenters. The fourth-order valence-electron chi connectivity index (χ4n) is 2.05. The fourth-order valence-corrected chi connectivity index (χ4v) is 3.41. The Morgan fingerprint density at radius 2 is 2.06 bits per heavy atom. The smallest absolute Gasteiger partial charge is 0.312 e. The first-order valence-electron chi connectivity index (χ1n) is 5.83. The first kappa shape index (κ1) is 12.9. The number of hydrogen-bond acceptors (Lipinski definition) is 3. The number of carboxylic acid groups (broad SMARTS) is 1. The van der Waals surface area contributed by atoms with Crippen LogP contribution in [-0.4, -0.2) is 18.2 Å². The lowest BCUT2D eigenvalue weighted by atomic mass is 9.94. The maximum absolute atomic E-state index is 11.3. The van der Waals surface area contributed by atoms with E-state index < -0.39 is 11.9 Å². The average Bonchev–Trinajstić information content (AvgIpc) is 2.69. The Balaban J connectivity index is 2.48. The Bertz CT molecular complexity index is 571. The number of benzene rings is 1. The summed E-state index contributed by atoms with van der Waals surface area (Å²) in [5, 5.41) is 10.4. The molecule has 0 aliphatic heterocycles. The molecule has 1 aromatic heterocycles. The topological polar surface area (TPSA) is 46.5 Å². The van der Waals surface area contributed by atoms with E-state index in [4.69, 9.17) is 4.74 Å². The first-order chi connectivity index (χ1) is 8.52. The summed E-state index contributed by atoms with van der Waals surface area (Å²) in [6.07, 6.45) is 0. The molecule has 0 amide bonds. The molecule has 2 rings (SSSR count). The third-order valence-corrected chi connectivity index (χ3v) is 4.17. The Morgan fingerprint density at radius 1 is 1.33 bits per heavy atom. The van der Waals surface area contributed by atoms with Gasteiger partial charge in [-0.25, -0.2) is 0 Å². The van der Waals surface area contributed by atoms with E-state index in [1.165, 1.54) is 11.3 Å². The standard InChI is InChI=1S/C14H16O3S/c1-8(2)13(14(15)16)12-6-9-4-5-10(17-3)7-11(9)18-12/h4-8,13H,1-3H3,(H,15,16). The van der Waals surface area contributed by atoms with Crippen molar-refractivity contribution in [3.8, 4) is 5.75 Å². The Morgan fingerprint density at radius 3 is 2.61 bits per heavy atom. The molecule has 0 spiro atoms. The number of hydrogen-bond donors (Lipinski definition) is 1. The minimum atomic E-state index is -0.761. The van der Waals surface area contributed by atoms with Gasteiger partial charge in [0, 0.05) is 9.58 Å². The van der Waals surface area contributed by atoms with Crippen LogP contribution in [0.2, 0.25) is 0 Å². The molecule has 0 saturated carbocycles. The van der Waals surface area contributed by atoms with Crippen molar-refractivity contribution in [1.29, 1.82) is 0 Å². The Kier molecular flexibility index (Phi) is 3.57. The monoisotopic (exact) mass is 264 g/mol. The van der Waals surface area contributed by atoms with Gasteiger partial charge >= 0.3 is 5.97 Å². The fraction of sp³-hybridized carbons (Fsp3) is 0.357. The van der Waals surface area contributed by atoms with Gasteiger partial charge in [0.15, 0.2) is 0 Å². The molecule has 3 nitrogen and oxygen atoms in total. The molecule has 0 radical (unpaired) electrons. The van der Waals surface area contributed by atoms with Crippen LogP contribution >= 0.6 is 11.3 Å². The minimum Gasteiger partial charge on any atom is -0.497 e. The van der Waals surface area contributed by atoms with Crippen LogP contribution in [0.5, 0.6) is 5.75 Å². The number of carbonyl (C=O) groups is 1. The molecule has 0 saturated heterocycles. The summed E-state index contributed by atoms with van der Waals surface area (Å²) in [6.45, 7) is 3.87. The van der Waals surface area contributed by atoms with Gasteiger partial charge in [-0.15, -0.1) is 11.3 Å². The van der Waals surface area contributed by atoms with E-state index in [1.54, 1.807) is 7.11 Å². The summed E-state index contributed by atoms with van der Waals surface area (Å²) >= 11 is 1.53. The van der Waals surface area contributed by atoms with E-state index in [9.17, 15) is 9.90 Å². The van der Waals surface area contributed by atoms with Gasteiger partial charge in [0.1, 0.15) is 5.75 Å². The maximum Gasteiger partial charge on any atom is 0.312 e. The van der Waals surface area contributed by atoms with Gasteiger partial charge in [0.25, 0.3) is 0 Å². The second-order valence-electron chi connectivity index (χ2n) is 4.61. The van der Waals surface area contributed by atoms with Crippen LogP contribution in [0.25, 0.3) is 10.1 Å². The lowest BCUT2D eigenvalue weighted by Gasteiger charge is -2.13. The largest absolute Gasteiger partial charge is 0.497 e. The number of methoxy groups -OCH3 is 1. The van der Waals surface area contributed by atoms with E-state index >= 15 is 0 Å². The average molecular weight is 264 g/mol. The molecule has 1 N–H and O–H groups in total. The van der Waals surface area contributed by atoms with Gasteiger partial charge in [-0.1, -0.05) is 13.8 Å². The van der Waals surface area contributed by atoms with Crippen LogP contribution in [-0.2, 0) is 4.79 Å². The first-order valence-corrected chi connectivity index (χ1v) is 6.65. The summed E-state index contributed by atoms with van der Waals surface area (Å²) in [7, 11) is 1.63. The molecule has 4 heteroatoms. The highest BCUT2D eigenvalue weighted by molar-refractivity contribution is 7.19. The minimum absolute atomic E-state index is 0.0810. The molecular formula is C14H16O3S. The molecule has 0 bridgehead atoms. The predicted molar refractivity (Wildman–Crippen MR) is 73.6 cm³/mol. The molecular weight excluding hydrogens is 248 g/mol. The van der Waals surface area contributed by atoms with Crippen LogP contribution in [0.3, 0.4) is 0 Å². The number of carboxylic acids is 1. The predicted octanol–water partition coefficient (Wildman–Crippen LogP) is 3.73. The highest BCUT2D eigenvalue weighted by Crippen LogP contribution is 2.36. The second kappa shape index (κ2) is 4.98. The lowest BCUT2D eigenvalue weighted by molar-refractivity contribution is -0.139. The lowest BCUT2D eigenvalue weighted by Crippen LogP contribution is -2.16. The van der Waals surface area contributed by atoms with Crippen molar-refractivity contribution in [3.63, 3.8) is 0 Å². The normalized spacial score (nSPS) is 12.9. The SMILES string of the molecule is COc1ccc2cc(C(C(=O)O)C(C)C)sc2c1. The van der Waals surface area contributed by atoms with Gasteiger partial charge in [-0.05, 0) is 35.6 Å². The van der Waals surface area contributed by atoms with Crippen molar-refractivity contribution in [3.05, 3.63) is 29.1 Å². The van der Waals surface area contributed by atoms with Gasteiger partial charge in [0.05, 0.1) is 13.0 Å². The second-order valence-corrected chi connectivity index (χ2v) is 5.73. The van der Waals surface area contributed by atoms with E-state index in [2.05, 4.69) is 0 Å². The number of aliphatic carboxylic acids is 1. The Hall–Kier alpha value is -1.55. The third kappa shape index (κ3) is 2.34. The summed E-state index contributed by atoms with van der Waals surface area (Å²) in [6, 6.07) is 7.78. The number of thiophene rings is 1. The summed E-state index contributed by atoms with van der Waals surface area (Å²) < 4.78 is 6.24. The molecule has 1 heterocycles. The number of rotatable bonds is 4. The van der Waals surface area contributed by atoms with Gasteiger partial charge in [-0.2, -0.15) is 0 Å². The van der Waals surface area contributed by atoms with Crippen molar-refractivity contribution in [2.24, 2.45) is 5.92 Å². The van der Waals surface area contributed by atoms with E-state index in [0.717, 1.165) is 20.7 Å². The molecule has 0 aliphatic rings. The zero-order valence-electron chi connectivity index (χ0n) is 10.6. The molecule has 18 heavy (non-hydrogen) atoms. The van der Waals surface area contributed by atoms with Crippen LogP contribution in [0.4, 0.5) is 0 Å². The van der Waals surface area contributed by atoms with Crippen molar-refractivity contribution in [1.82, 2.24) is 0 Å². The molecule has 0 fully saturated rings. The van der Waals surface area contributed by atoms with Crippen molar-refractivity contribution >= 4 is 27.4 Å². The molecule has 0 aliphatic carbocycles. The zero-order valence-corrected chi connectivity index (χ0v) is 11.5. The van der Waals surface area contributed by atoms with Crippen molar-refractivity contribution < 1.29 is 14.6 Å². The highest BCUT2D eigenvalue weighted by Gasteiger charge is 2.25. The van der Waals surface area contributed by atoms with Gasteiger partial charge < -0.3 is 9.84 Å². The van der Waals surface area contributed by atoms with E-state index in [-0.39, 0.29) is 5.92 Å². The number of fused-ring (bicyclic) bond motifs is 1. The quantitative estimate of drug-likeness (QED) is 0.915. The summed E-state index contributed by atoms with van der Waals surface area (Å²) in [5.41, 5.74) is 0. The van der Waals surface area contributed by atoms with E-state index in [1.807, 2.05) is 38.1 Å². The van der Waals surface area contributed by atoms with Crippen LogP contribution in [0.15, 0.2) is 24.3 Å². The van der Waals surface area contributed by atoms with Gasteiger partial charge in [0.2, 0.25) is 0 Å². The van der Waals surface area contributed by atoms with E-state index in [0.29, 0.717) is 0 Å². The number of ether oxygens (including phenoxy) is 1. The van der Waals surface area contributed by atoms with Crippen LogP contribution in [0, 0.1) is 5.92 Å². The molecule has 96 valence electrons. The Labute approximate surface area is 110 Å². The molecule has 2 aromatic rings. The zero-order chi connectivity index (χ0) is 13.3. The summed E-state index contributed by atoms with van der Waals surface area (Å²) in [5.74, 6) is -0.318. The van der Waals surface area contributed by atoms with Crippen LogP contribution < -0.4 is 4.74 Å². The van der Waals surface area contributed by atoms with Gasteiger partial charge in [-0.3, -0.25) is 4.79 Å².